The van der Waals surface area contributed by atoms with Gasteiger partial charge in [-0.15, -0.1) is 0 Å². The molecule has 0 spiro atoms. The summed E-state index contributed by atoms with van der Waals surface area (Å²) in [5, 5.41) is 7.99. The zero-order valence-electron chi connectivity index (χ0n) is 13.9. The molecule has 1 aliphatic heterocycles. The Morgan fingerprint density at radius 2 is 1.84 bits per heavy atom. The minimum Gasteiger partial charge on any atom is -0.326 e. The number of amides is 2. The summed E-state index contributed by atoms with van der Waals surface area (Å²) < 4.78 is 0. The number of allylic oxidation sites excluding steroid dienone is 1. The number of hydrogen-bond donors (Lipinski definition) is 2. The topological polar surface area (TPSA) is 70.6 Å². The summed E-state index contributed by atoms with van der Waals surface area (Å²) in [7, 11) is 0. The number of aliphatic imine (C=N–C) groups is 1. The predicted octanol–water partition coefficient (Wildman–Crippen LogP) is 4.17. The highest BCUT2D eigenvalue weighted by atomic mass is 32.2. The number of fused-ring (bicyclic) bond motifs is 1. The summed E-state index contributed by atoms with van der Waals surface area (Å²) >= 11 is 1.37. The first-order chi connectivity index (χ1) is 12.0. The fraction of sp³-hybridized carbons (Fsp3) is 0.105. The maximum Gasteiger partial charge on any atom is 0.257 e. The molecule has 25 heavy (non-hydrogen) atoms. The Hall–Kier alpha value is -2.86. The van der Waals surface area contributed by atoms with Crippen LogP contribution < -0.4 is 10.6 Å². The zero-order valence-corrected chi connectivity index (χ0v) is 14.7. The monoisotopic (exact) mass is 351 g/mol. The first-order valence-electron chi connectivity index (χ1n) is 7.73. The van der Waals surface area contributed by atoms with Crippen LogP contribution >= 0.6 is 11.8 Å². The number of rotatable bonds is 2. The van der Waals surface area contributed by atoms with E-state index in [1.165, 1.54) is 18.7 Å². The van der Waals surface area contributed by atoms with Gasteiger partial charge in [-0.3, -0.25) is 9.59 Å². The van der Waals surface area contributed by atoms with E-state index in [0.717, 1.165) is 16.8 Å². The van der Waals surface area contributed by atoms with Gasteiger partial charge in [0.25, 0.3) is 5.91 Å². The number of amidine groups is 1. The second-order valence-corrected chi connectivity index (χ2v) is 6.43. The average molecular weight is 351 g/mol. The van der Waals surface area contributed by atoms with Crippen LogP contribution in [0.2, 0.25) is 0 Å². The molecule has 2 amide bonds. The highest BCUT2D eigenvalue weighted by Crippen LogP contribution is 2.31. The molecule has 2 N–H and O–H groups in total. The van der Waals surface area contributed by atoms with Gasteiger partial charge in [0, 0.05) is 23.7 Å². The van der Waals surface area contributed by atoms with Gasteiger partial charge in [-0.05, 0) is 42.2 Å². The molecule has 126 valence electrons. The average Bonchev–Trinajstić information content (AvgIpc) is 2.74. The molecule has 0 saturated heterocycles. The number of nitrogens with one attached hydrogen (secondary N) is 2. The van der Waals surface area contributed by atoms with Gasteiger partial charge >= 0.3 is 0 Å². The number of thioether (sulfide) groups is 1. The molecule has 5 nitrogen and oxygen atoms in total. The minimum absolute atomic E-state index is 0.182. The number of carbonyl (C=O) groups excluding carboxylic acids is 2. The molecule has 0 fully saturated rings. The molecule has 0 atom stereocenters. The second kappa shape index (κ2) is 7.36. The van der Waals surface area contributed by atoms with Crippen molar-refractivity contribution in [2.45, 2.75) is 13.8 Å². The van der Waals surface area contributed by atoms with Gasteiger partial charge in [-0.2, -0.15) is 0 Å². The lowest BCUT2D eigenvalue weighted by Crippen LogP contribution is -2.28. The molecule has 2 aromatic carbocycles. The molecule has 1 heterocycles. The van der Waals surface area contributed by atoms with Crippen molar-refractivity contribution < 1.29 is 9.59 Å². The van der Waals surface area contributed by atoms with Gasteiger partial charge in [-0.25, -0.2) is 4.99 Å². The van der Waals surface area contributed by atoms with E-state index in [4.69, 9.17) is 0 Å². The first kappa shape index (κ1) is 17.0. The number of carbonyl (C=O) groups is 2. The maximum absolute atomic E-state index is 12.5. The van der Waals surface area contributed by atoms with E-state index in [1.54, 1.807) is 24.3 Å². The van der Waals surface area contributed by atoms with E-state index in [1.807, 2.05) is 36.6 Å². The number of nitrogens with zero attached hydrogens (tertiary/aromatic N) is 1. The van der Waals surface area contributed by atoms with Crippen molar-refractivity contribution >= 4 is 45.7 Å². The molecule has 0 unspecified atom stereocenters. The fourth-order valence-electron chi connectivity index (χ4n) is 2.42. The van der Waals surface area contributed by atoms with Crippen LogP contribution in [0.25, 0.3) is 5.57 Å². The summed E-state index contributed by atoms with van der Waals surface area (Å²) in [6, 6.07) is 14.6. The van der Waals surface area contributed by atoms with Crippen LogP contribution in [-0.2, 0) is 4.79 Å². The summed E-state index contributed by atoms with van der Waals surface area (Å²) in [6.07, 6.45) is 0. The van der Waals surface area contributed by atoms with Crippen LogP contribution in [0.3, 0.4) is 0 Å². The third-order valence-corrected chi connectivity index (χ3v) is 4.45. The summed E-state index contributed by atoms with van der Waals surface area (Å²) in [6.45, 7) is 3.44. The minimum atomic E-state index is -0.274. The molecular formula is C19H17N3O2S. The number of anilines is 1. The molecular weight excluding hydrogens is 334 g/mol. The van der Waals surface area contributed by atoms with E-state index < -0.39 is 0 Å². The molecule has 0 saturated carbocycles. The van der Waals surface area contributed by atoms with Gasteiger partial charge in [0.2, 0.25) is 5.91 Å². The highest BCUT2D eigenvalue weighted by Gasteiger charge is 2.14. The largest absolute Gasteiger partial charge is 0.326 e. The predicted molar refractivity (Wildman–Crippen MR) is 103 cm³/mol. The van der Waals surface area contributed by atoms with Crippen molar-refractivity contribution in [1.82, 2.24) is 5.32 Å². The van der Waals surface area contributed by atoms with Crippen LogP contribution in [0.5, 0.6) is 0 Å². The van der Waals surface area contributed by atoms with Crippen molar-refractivity contribution in [3.63, 3.8) is 0 Å². The quantitative estimate of drug-likeness (QED) is 0.853. The van der Waals surface area contributed by atoms with Crippen molar-refractivity contribution in [2.75, 3.05) is 5.32 Å². The third kappa shape index (κ3) is 4.16. The lowest BCUT2D eigenvalue weighted by atomic mass is 10.1. The molecule has 2 aromatic rings. The number of para-hydroxylation sites is 1. The Kier molecular flexibility index (Phi) is 5.00. The molecule has 0 radical (unpaired) electrons. The molecule has 3 rings (SSSR count). The van der Waals surface area contributed by atoms with E-state index >= 15 is 0 Å². The Morgan fingerprint density at radius 1 is 1.04 bits per heavy atom. The Bertz CT molecular complexity index is 903. The molecule has 1 aliphatic rings. The van der Waals surface area contributed by atoms with Crippen molar-refractivity contribution in [3.8, 4) is 0 Å². The maximum atomic E-state index is 12.5. The third-order valence-electron chi connectivity index (χ3n) is 3.56. The molecule has 0 aliphatic carbocycles. The van der Waals surface area contributed by atoms with Crippen LogP contribution in [-0.4, -0.2) is 17.0 Å². The second-order valence-electron chi connectivity index (χ2n) is 5.57. The summed E-state index contributed by atoms with van der Waals surface area (Å²) in [5.41, 5.74) is 4.00. The van der Waals surface area contributed by atoms with Crippen molar-refractivity contribution in [2.24, 2.45) is 4.99 Å². The Labute approximate surface area is 150 Å². The van der Waals surface area contributed by atoms with Gasteiger partial charge in [0.1, 0.15) is 0 Å². The smallest absolute Gasteiger partial charge is 0.257 e. The van der Waals surface area contributed by atoms with E-state index in [0.29, 0.717) is 16.4 Å². The lowest BCUT2D eigenvalue weighted by molar-refractivity contribution is -0.114. The normalized spacial score (nSPS) is 13.0. The van der Waals surface area contributed by atoms with Crippen LogP contribution in [0.15, 0.2) is 58.9 Å². The number of benzene rings is 2. The van der Waals surface area contributed by atoms with Gasteiger partial charge in [-0.1, -0.05) is 36.0 Å². The van der Waals surface area contributed by atoms with E-state index in [9.17, 15) is 9.59 Å². The zero-order chi connectivity index (χ0) is 17.8. The van der Waals surface area contributed by atoms with E-state index in [-0.39, 0.29) is 11.8 Å². The molecule has 0 aromatic heterocycles. The Morgan fingerprint density at radius 3 is 2.64 bits per heavy atom. The van der Waals surface area contributed by atoms with Crippen LogP contribution in [0.4, 0.5) is 11.4 Å². The Balaban J connectivity index is 1.82. The van der Waals surface area contributed by atoms with Crippen LogP contribution in [0, 0.1) is 0 Å². The standard InChI is InChI=1S/C19H17N3O2S/c1-12-11-25-19(21-17-9-4-3-8-16(12)17)22-18(24)14-6-5-7-15(10-14)20-13(2)23/h3-11H,1-2H3,(H,20,23)(H,21,22,24). The highest BCUT2D eigenvalue weighted by molar-refractivity contribution is 8.16. The van der Waals surface area contributed by atoms with Gasteiger partial charge in [0.15, 0.2) is 5.17 Å². The summed E-state index contributed by atoms with van der Waals surface area (Å²) in [4.78, 5) is 28.2. The molecule has 0 bridgehead atoms. The van der Waals surface area contributed by atoms with E-state index in [2.05, 4.69) is 15.6 Å². The first-order valence-corrected chi connectivity index (χ1v) is 8.61. The van der Waals surface area contributed by atoms with Gasteiger partial charge < -0.3 is 10.6 Å². The van der Waals surface area contributed by atoms with Crippen LogP contribution in [0.1, 0.15) is 29.8 Å². The number of hydrogen-bond acceptors (Lipinski definition) is 4. The van der Waals surface area contributed by atoms with Gasteiger partial charge in [0.05, 0.1) is 5.69 Å². The van der Waals surface area contributed by atoms with Crippen molar-refractivity contribution in [1.29, 1.82) is 0 Å². The van der Waals surface area contributed by atoms with Crippen molar-refractivity contribution in [3.05, 3.63) is 65.1 Å². The SMILES string of the molecule is CC(=O)Nc1cccc(C(=O)NC2=Nc3ccccc3C(C)=CS2)c1. The lowest BCUT2D eigenvalue weighted by Gasteiger charge is -2.08. The summed E-state index contributed by atoms with van der Waals surface area (Å²) in [5.74, 6) is -0.456. The molecule has 6 heteroatoms. The fourth-order valence-corrected chi connectivity index (χ4v) is 3.13.